The van der Waals surface area contributed by atoms with E-state index in [4.69, 9.17) is 5.11 Å². The van der Waals surface area contributed by atoms with E-state index in [1.54, 1.807) is 0 Å². The molecular weight excluding hydrogens is 182 g/mol. The van der Waals surface area contributed by atoms with Gasteiger partial charge in [0.05, 0.1) is 12.1 Å². The zero-order valence-corrected chi connectivity index (χ0v) is 6.87. The summed E-state index contributed by atoms with van der Waals surface area (Å²) in [6, 6.07) is 1.15. The van der Waals surface area contributed by atoms with Gasteiger partial charge in [-0.1, -0.05) is 0 Å². The summed E-state index contributed by atoms with van der Waals surface area (Å²) >= 11 is 0. The Kier molecular flexibility index (Phi) is 2.60. The van der Waals surface area contributed by atoms with Gasteiger partial charge >= 0.3 is 5.97 Å². The van der Waals surface area contributed by atoms with Crippen molar-refractivity contribution in [2.75, 3.05) is 0 Å². The number of alkyl halides is 2. The fourth-order valence-electron chi connectivity index (χ4n) is 0.985. The Hall–Kier alpha value is -1.46. The van der Waals surface area contributed by atoms with Crippen LogP contribution in [-0.2, 0) is 13.5 Å². The fourth-order valence-corrected chi connectivity index (χ4v) is 0.985. The molecule has 0 amide bonds. The highest BCUT2D eigenvalue weighted by Gasteiger charge is 2.14. The summed E-state index contributed by atoms with van der Waals surface area (Å²) in [5.41, 5.74) is 0.00514. The lowest BCUT2D eigenvalue weighted by atomic mass is 10.3. The molecule has 0 unspecified atom stereocenters. The molecule has 0 aliphatic heterocycles. The number of rotatable bonds is 3. The molecule has 0 spiro atoms. The van der Waals surface area contributed by atoms with Crippen LogP contribution in [0.4, 0.5) is 8.78 Å². The van der Waals surface area contributed by atoms with Crippen LogP contribution in [-0.4, -0.2) is 27.3 Å². The molecular formula is C7H8F2N2O2. The first-order valence-electron chi connectivity index (χ1n) is 3.55. The minimum atomic E-state index is -2.50. The van der Waals surface area contributed by atoms with Gasteiger partial charge in [-0.25, -0.2) is 13.6 Å². The van der Waals surface area contributed by atoms with Crippen LogP contribution in [0, 0.1) is 0 Å². The van der Waals surface area contributed by atoms with E-state index in [2.05, 4.69) is 5.10 Å². The minimum Gasteiger partial charge on any atom is -0.477 e. The molecule has 1 N–H and O–H groups in total. The number of aryl methyl sites for hydroxylation is 1. The van der Waals surface area contributed by atoms with Crippen LogP contribution >= 0.6 is 0 Å². The zero-order chi connectivity index (χ0) is 10.0. The first kappa shape index (κ1) is 9.63. The predicted molar refractivity (Wildman–Crippen MR) is 39.9 cm³/mol. The van der Waals surface area contributed by atoms with Crippen LogP contribution < -0.4 is 0 Å². The molecule has 0 radical (unpaired) electrons. The highest BCUT2D eigenvalue weighted by molar-refractivity contribution is 5.85. The number of hydrogen-bond acceptors (Lipinski definition) is 2. The molecule has 0 aliphatic rings. The number of halogens is 2. The van der Waals surface area contributed by atoms with E-state index in [0.717, 1.165) is 10.7 Å². The summed E-state index contributed by atoms with van der Waals surface area (Å²) in [6.45, 7) is 0. The molecule has 0 aromatic carbocycles. The van der Waals surface area contributed by atoms with E-state index in [1.165, 1.54) is 7.05 Å². The molecule has 0 fully saturated rings. The fraction of sp³-hybridized carbons (Fsp3) is 0.429. The maximum Gasteiger partial charge on any atom is 0.354 e. The van der Waals surface area contributed by atoms with Gasteiger partial charge in [0.25, 0.3) is 0 Å². The summed E-state index contributed by atoms with van der Waals surface area (Å²) in [7, 11) is 1.40. The number of aromatic carboxylic acids is 1. The molecule has 13 heavy (non-hydrogen) atoms. The van der Waals surface area contributed by atoms with Crippen molar-refractivity contribution >= 4 is 5.97 Å². The van der Waals surface area contributed by atoms with Crippen molar-refractivity contribution in [1.82, 2.24) is 9.78 Å². The Morgan fingerprint density at radius 1 is 1.77 bits per heavy atom. The molecule has 0 bridgehead atoms. The molecule has 4 nitrogen and oxygen atoms in total. The molecule has 0 saturated carbocycles. The topological polar surface area (TPSA) is 55.1 Å². The maximum absolute atomic E-state index is 11.9. The van der Waals surface area contributed by atoms with Gasteiger partial charge in [0.2, 0.25) is 6.43 Å². The second-order valence-electron chi connectivity index (χ2n) is 2.54. The molecule has 0 aliphatic carbocycles. The van der Waals surface area contributed by atoms with E-state index < -0.39 is 18.8 Å². The molecule has 1 aromatic rings. The van der Waals surface area contributed by atoms with Crippen LogP contribution in [0.25, 0.3) is 0 Å². The van der Waals surface area contributed by atoms with Crippen molar-refractivity contribution in [2.45, 2.75) is 12.8 Å². The summed E-state index contributed by atoms with van der Waals surface area (Å²) in [6.07, 6.45) is -3.02. The number of hydrogen-bond donors (Lipinski definition) is 1. The van der Waals surface area contributed by atoms with Crippen molar-refractivity contribution in [3.63, 3.8) is 0 Å². The van der Waals surface area contributed by atoms with Gasteiger partial charge in [-0.2, -0.15) is 5.10 Å². The van der Waals surface area contributed by atoms with Gasteiger partial charge in [-0.05, 0) is 6.07 Å². The van der Waals surface area contributed by atoms with Gasteiger partial charge in [0.1, 0.15) is 5.69 Å². The Morgan fingerprint density at radius 2 is 2.38 bits per heavy atom. The van der Waals surface area contributed by atoms with Crippen LogP contribution in [0.15, 0.2) is 6.07 Å². The van der Waals surface area contributed by atoms with Crippen molar-refractivity contribution in [3.05, 3.63) is 17.5 Å². The third-order valence-electron chi connectivity index (χ3n) is 1.51. The van der Waals surface area contributed by atoms with Crippen LogP contribution in [0.2, 0.25) is 0 Å². The van der Waals surface area contributed by atoms with Gasteiger partial charge in [-0.3, -0.25) is 4.68 Å². The number of carboxylic acids is 1. The lowest BCUT2D eigenvalue weighted by Gasteiger charge is -1.92. The lowest BCUT2D eigenvalue weighted by Crippen LogP contribution is -2.05. The molecule has 6 heteroatoms. The summed E-state index contributed by atoms with van der Waals surface area (Å²) in [5.74, 6) is -1.17. The summed E-state index contributed by atoms with van der Waals surface area (Å²) in [5, 5.41) is 12.2. The number of aromatic nitrogens is 2. The second-order valence-corrected chi connectivity index (χ2v) is 2.54. The molecule has 1 heterocycles. The van der Waals surface area contributed by atoms with E-state index in [0.29, 0.717) is 0 Å². The van der Waals surface area contributed by atoms with E-state index in [-0.39, 0.29) is 11.4 Å². The van der Waals surface area contributed by atoms with Crippen molar-refractivity contribution < 1.29 is 18.7 Å². The highest BCUT2D eigenvalue weighted by atomic mass is 19.3. The molecule has 1 rings (SSSR count). The minimum absolute atomic E-state index is 0.0874. The number of carboxylic acid groups (broad SMARTS) is 1. The van der Waals surface area contributed by atoms with E-state index in [9.17, 15) is 13.6 Å². The average molecular weight is 190 g/mol. The Balaban J connectivity index is 2.89. The lowest BCUT2D eigenvalue weighted by molar-refractivity contribution is 0.0685. The maximum atomic E-state index is 11.9. The summed E-state index contributed by atoms with van der Waals surface area (Å²) in [4.78, 5) is 10.5. The second kappa shape index (κ2) is 3.51. The smallest absolute Gasteiger partial charge is 0.354 e. The third-order valence-corrected chi connectivity index (χ3v) is 1.51. The highest BCUT2D eigenvalue weighted by Crippen LogP contribution is 2.08. The average Bonchev–Trinajstić information content (AvgIpc) is 2.29. The first-order chi connectivity index (χ1) is 6.00. The molecule has 0 saturated heterocycles. The van der Waals surface area contributed by atoms with E-state index in [1.807, 2.05) is 0 Å². The van der Waals surface area contributed by atoms with Crippen LogP contribution in [0.5, 0.6) is 0 Å². The predicted octanol–water partition coefficient (Wildman–Crippen LogP) is 0.926. The normalized spacial score (nSPS) is 10.8. The van der Waals surface area contributed by atoms with Crippen molar-refractivity contribution in [1.29, 1.82) is 0 Å². The van der Waals surface area contributed by atoms with E-state index >= 15 is 0 Å². The first-order valence-corrected chi connectivity index (χ1v) is 3.55. The van der Waals surface area contributed by atoms with Crippen molar-refractivity contribution in [2.24, 2.45) is 7.05 Å². The standard InChI is InChI=1S/C7H8F2N2O2/c1-11-5(7(12)13)2-4(10-11)3-6(8)9/h2,6H,3H2,1H3,(H,12,13). The Morgan fingerprint density at radius 3 is 2.77 bits per heavy atom. The van der Waals surface area contributed by atoms with Gasteiger partial charge in [0.15, 0.2) is 0 Å². The molecule has 1 aromatic heterocycles. The largest absolute Gasteiger partial charge is 0.477 e. The number of carbonyl (C=O) groups is 1. The zero-order valence-electron chi connectivity index (χ0n) is 6.87. The number of nitrogens with zero attached hydrogens (tertiary/aromatic N) is 2. The van der Waals surface area contributed by atoms with Crippen LogP contribution in [0.1, 0.15) is 16.2 Å². The van der Waals surface area contributed by atoms with Crippen LogP contribution in [0.3, 0.4) is 0 Å². The van der Waals surface area contributed by atoms with Crippen molar-refractivity contribution in [3.8, 4) is 0 Å². The Bertz CT molecular complexity index is 322. The SMILES string of the molecule is Cn1nc(CC(F)F)cc1C(=O)O. The van der Waals surface area contributed by atoms with Gasteiger partial charge in [-0.15, -0.1) is 0 Å². The summed E-state index contributed by atoms with van der Waals surface area (Å²) < 4.78 is 24.8. The monoisotopic (exact) mass is 190 g/mol. The van der Waals surface area contributed by atoms with Gasteiger partial charge in [0, 0.05) is 7.05 Å². The molecule has 72 valence electrons. The van der Waals surface area contributed by atoms with Gasteiger partial charge < -0.3 is 5.11 Å². The third kappa shape index (κ3) is 2.24. The quantitative estimate of drug-likeness (QED) is 0.771. The molecule has 0 atom stereocenters. The Labute approximate surface area is 72.8 Å².